The molecule has 0 aliphatic carbocycles. The predicted molar refractivity (Wildman–Crippen MR) is 83.3 cm³/mol. The van der Waals surface area contributed by atoms with Crippen molar-refractivity contribution in [3.63, 3.8) is 0 Å². The van der Waals surface area contributed by atoms with Crippen molar-refractivity contribution >= 4 is 22.8 Å². The Kier molecular flexibility index (Phi) is 3.92. The Morgan fingerprint density at radius 3 is 2.80 bits per heavy atom. The highest BCUT2D eigenvalue weighted by atomic mass is 32.2. The first-order valence-electron chi connectivity index (χ1n) is 6.64. The zero-order valence-corrected chi connectivity index (χ0v) is 12.1. The van der Waals surface area contributed by atoms with E-state index in [-0.39, 0.29) is 0 Å². The molecule has 4 heteroatoms. The van der Waals surface area contributed by atoms with Crippen LogP contribution in [0.4, 0.5) is 0 Å². The van der Waals surface area contributed by atoms with Crippen molar-refractivity contribution < 1.29 is 4.74 Å². The van der Waals surface area contributed by atoms with E-state index in [2.05, 4.69) is 34.2 Å². The Hall–Kier alpha value is -1.94. The summed E-state index contributed by atoms with van der Waals surface area (Å²) in [7, 11) is 0. The molecule has 0 spiro atoms. The minimum Gasteiger partial charge on any atom is -0.494 e. The summed E-state index contributed by atoms with van der Waals surface area (Å²) in [5.74, 6) is 1.78. The van der Waals surface area contributed by atoms with Gasteiger partial charge < -0.3 is 9.72 Å². The number of fused-ring (bicyclic) bond motifs is 1. The lowest BCUT2D eigenvalue weighted by Crippen LogP contribution is -1.90. The second kappa shape index (κ2) is 6.01. The molecule has 0 saturated carbocycles. The molecule has 0 bridgehead atoms. The van der Waals surface area contributed by atoms with Crippen LogP contribution in [0.2, 0.25) is 0 Å². The number of hydrogen-bond acceptors (Lipinski definition) is 3. The summed E-state index contributed by atoms with van der Waals surface area (Å²) in [4.78, 5) is 7.93. The van der Waals surface area contributed by atoms with Gasteiger partial charge in [-0.3, -0.25) is 0 Å². The fourth-order valence-corrected chi connectivity index (χ4v) is 2.85. The summed E-state index contributed by atoms with van der Waals surface area (Å²) in [6.45, 7) is 2.65. The zero-order chi connectivity index (χ0) is 13.8. The number of ether oxygens (including phenoxy) is 1. The van der Waals surface area contributed by atoms with Crippen LogP contribution in [0.5, 0.6) is 5.75 Å². The second-order valence-corrected chi connectivity index (χ2v) is 5.39. The Bertz CT molecular complexity index is 694. The van der Waals surface area contributed by atoms with Gasteiger partial charge in [0, 0.05) is 11.8 Å². The van der Waals surface area contributed by atoms with Gasteiger partial charge in [0.1, 0.15) is 5.75 Å². The maximum Gasteiger partial charge on any atom is 0.166 e. The summed E-state index contributed by atoms with van der Waals surface area (Å²) in [5, 5.41) is 0.942. The van der Waals surface area contributed by atoms with Crippen molar-refractivity contribution in [3.8, 4) is 5.75 Å². The third-order valence-electron chi connectivity index (χ3n) is 2.96. The molecular formula is C16H16N2OS. The number of rotatable bonds is 5. The van der Waals surface area contributed by atoms with Gasteiger partial charge in [-0.25, -0.2) is 4.98 Å². The van der Waals surface area contributed by atoms with E-state index in [1.165, 1.54) is 5.56 Å². The van der Waals surface area contributed by atoms with Gasteiger partial charge in [-0.15, -0.1) is 0 Å². The summed E-state index contributed by atoms with van der Waals surface area (Å²) in [6.07, 6.45) is 0. The number of aromatic nitrogens is 2. The molecule has 0 atom stereocenters. The number of nitrogens with one attached hydrogen (secondary N) is 1. The minimum absolute atomic E-state index is 0.672. The average molecular weight is 284 g/mol. The normalized spacial score (nSPS) is 10.8. The van der Waals surface area contributed by atoms with Crippen molar-refractivity contribution in [3.05, 3.63) is 54.1 Å². The van der Waals surface area contributed by atoms with Crippen LogP contribution in [0.1, 0.15) is 12.5 Å². The van der Waals surface area contributed by atoms with Gasteiger partial charge in [0.05, 0.1) is 17.6 Å². The molecule has 3 rings (SSSR count). The fraction of sp³-hybridized carbons (Fsp3) is 0.188. The quantitative estimate of drug-likeness (QED) is 0.712. The number of aromatic amines is 1. The Morgan fingerprint density at radius 1 is 1.15 bits per heavy atom. The molecule has 1 heterocycles. The fourth-order valence-electron chi connectivity index (χ4n) is 2.01. The molecule has 3 aromatic rings. The van der Waals surface area contributed by atoms with Crippen molar-refractivity contribution in [1.29, 1.82) is 0 Å². The van der Waals surface area contributed by atoms with Gasteiger partial charge in [0.2, 0.25) is 0 Å². The van der Waals surface area contributed by atoms with Crippen LogP contribution in [-0.4, -0.2) is 16.6 Å². The first-order valence-corrected chi connectivity index (χ1v) is 7.63. The van der Waals surface area contributed by atoms with Gasteiger partial charge in [-0.2, -0.15) is 0 Å². The Morgan fingerprint density at radius 2 is 2.00 bits per heavy atom. The molecule has 0 amide bonds. The van der Waals surface area contributed by atoms with Crippen molar-refractivity contribution in [2.24, 2.45) is 0 Å². The van der Waals surface area contributed by atoms with Crippen LogP contribution in [0.25, 0.3) is 11.0 Å². The van der Waals surface area contributed by atoms with E-state index >= 15 is 0 Å². The van der Waals surface area contributed by atoms with E-state index in [9.17, 15) is 0 Å². The average Bonchev–Trinajstić information content (AvgIpc) is 2.89. The first-order chi connectivity index (χ1) is 9.85. The van der Waals surface area contributed by atoms with E-state index < -0.39 is 0 Å². The number of thioether (sulfide) groups is 1. The monoisotopic (exact) mass is 284 g/mol. The van der Waals surface area contributed by atoms with E-state index in [0.29, 0.717) is 6.61 Å². The number of nitrogens with zero attached hydrogens (tertiary/aromatic N) is 1. The van der Waals surface area contributed by atoms with E-state index in [0.717, 1.165) is 27.7 Å². The van der Waals surface area contributed by atoms with Gasteiger partial charge in [-0.1, -0.05) is 42.1 Å². The van der Waals surface area contributed by atoms with Crippen molar-refractivity contribution in [1.82, 2.24) is 9.97 Å². The smallest absolute Gasteiger partial charge is 0.166 e. The molecule has 1 aromatic heterocycles. The minimum atomic E-state index is 0.672. The summed E-state index contributed by atoms with van der Waals surface area (Å²) >= 11 is 1.71. The number of imidazole rings is 1. The van der Waals surface area contributed by atoms with Gasteiger partial charge in [0.25, 0.3) is 0 Å². The highest BCUT2D eigenvalue weighted by molar-refractivity contribution is 7.98. The molecule has 20 heavy (non-hydrogen) atoms. The van der Waals surface area contributed by atoms with Crippen LogP contribution < -0.4 is 4.74 Å². The molecule has 0 aliphatic heterocycles. The molecule has 102 valence electrons. The lowest BCUT2D eigenvalue weighted by molar-refractivity contribution is 0.340. The third kappa shape index (κ3) is 2.96. The van der Waals surface area contributed by atoms with Crippen LogP contribution in [0.15, 0.2) is 53.7 Å². The van der Waals surface area contributed by atoms with Gasteiger partial charge in [0.15, 0.2) is 5.16 Å². The predicted octanol–water partition coefficient (Wildman–Crippen LogP) is 4.25. The number of H-pyrrole nitrogens is 1. The molecule has 0 fully saturated rings. The van der Waals surface area contributed by atoms with Crippen LogP contribution in [0.3, 0.4) is 0 Å². The van der Waals surface area contributed by atoms with E-state index in [1.54, 1.807) is 11.8 Å². The molecule has 3 nitrogen and oxygen atoms in total. The third-order valence-corrected chi connectivity index (χ3v) is 3.91. The topological polar surface area (TPSA) is 37.9 Å². The number of hydrogen-bond donors (Lipinski definition) is 1. The molecule has 0 radical (unpaired) electrons. The molecule has 1 N–H and O–H groups in total. The van der Waals surface area contributed by atoms with E-state index in [4.69, 9.17) is 4.74 Å². The Labute approximate surface area is 122 Å². The second-order valence-electron chi connectivity index (χ2n) is 4.43. The van der Waals surface area contributed by atoms with Gasteiger partial charge in [-0.05, 0) is 24.6 Å². The Balaban J connectivity index is 1.75. The summed E-state index contributed by atoms with van der Waals surface area (Å²) in [6, 6.07) is 16.4. The van der Waals surface area contributed by atoms with Gasteiger partial charge >= 0.3 is 0 Å². The molecule has 0 unspecified atom stereocenters. The first kappa shape index (κ1) is 13.1. The molecule has 0 aliphatic rings. The van der Waals surface area contributed by atoms with Crippen molar-refractivity contribution in [2.45, 2.75) is 17.8 Å². The highest BCUT2D eigenvalue weighted by Crippen LogP contribution is 2.25. The van der Waals surface area contributed by atoms with Crippen LogP contribution >= 0.6 is 11.8 Å². The lowest BCUT2D eigenvalue weighted by Gasteiger charge is -2.00. The van der Waals surface area contributed by atoms with E-state index in [1.807, 2.05) is 31.2 Å². The highest BCUT2D eigenvalue weighted by Gasteiger charge is 2.05. The molecule has 2 aromatic carbocycles. The van der Waals surface area contributed by atoms with Crippen LogP contribution in [-0.2, 0) is 5.75 Å². The maximum atomic E-state index is 5.49. The molecular weight excluding hydrogens is 268 g/mol. The zero-order valence-electron chi connectivity index (χ0n) is 11.3. The maximum absolute atomic E-state index is 5.49. The standard InChI is InChI=1S/C16H16N2OS/c1-2-19-13-8-9-14-15(10-13)18-16(17-14)20-11-12-6-4-3-5-7-12/h3-10H,2,11H2,1H3,(H,17,18). The summed E-state index contributed by atoms with van der Waals surface area (Å²) < 4.78 is 5.49. The largest absolute Gasteiger partial charge is 0.494 e. The van der Waals surface area contributed by atoms with Crippen LogP contribution in [0, 0.1) is 0 Å². The number of benzene rings is 2. The SMILES string of the molecule is CCOc1ccc2[nH]c(SCc3ccccc3)nc2c1. The lowest BCUT2D eigenvalue weighted by atomic mass is 10.2. The molecule has 0 saturated heterocycles. The van der Waals surface area contributed by atoms with Crippen molar-refractivity contribution in [2.75, 3.05) is 6.61 Å². The summed E-state index contributed by atoms with van der Waals surface area (Å²) in [5.41, 5.74) is 3.29.